The SMILES string of the molecule is CCCCCCCC(=O)OC(=O)CCCCCCC.[Nb]. The summed E-state index contributed by atoms with van der Waals surface area (Å²) in [4.78, 5) is 22.8. The van der Waals surface area contributed by atoms with E-state index in [-0.39, 0.29) is 34.3 Å². The third kappa shape index (κ3) is 15.9. The van der Waals surface area contributed by atoms with E-state index in [1.165, 1.54) is 25.7 Å². The molecule has 117 valence electrons. The fraction of sp³-hybridized carbons (Fsp3) is 0.875. The minimum atomic E-state index is -0.352. The second kappa shape index (κ2) is 16.9. The van der Waals surface area contributed by atoms with Gasteiger partial charge in [-0.25, -0.2) is 0 Å². The van der Waals surface area contributed by atoms with Gasteiger partial charge in [-0.15, -0.1) is 0 Å². The van der Waals surface area contributed by atoms with Gasteiger partial charge >= 0.3 is 11.9 Å². The Morgan fingerprint density at radius 1 is 0.650 bits per heavy atom. The van der Waals surface area contributed by atoms with E-state index in [0.717, 1.165) is 38.5 Å². The number of carbonyl (C=O) groups excluding carboxylic acids is 2. The van der Waals surface area contributed by atoms with E-state index in [2.05, 4.69) is 13.8 Å². The van der Waals surface area contributed by atoms with Crippen LogP contribution in [0.1, 0.15) is 90.9 Å². The number of rotatable bonds is 12. The first kappa shape index (κ1) is 22.2. The van der Waals surface area contributed by atoms with Gasteiger partial charge in [0.25, 0.3) is 0 Å². The number of hydrogen-bond acceptors (Lipinski definition) is 3. The van der Waals surface area contributed by atoms with Gasteiger partial charge in [-0.3, -0.25) is 9.59 Å². The van der Waals surface area contributed by atoms with Crippen molar-refractivity contribution in [2.45, 2.75) is 90.9 Å². The van der Waals surface area contributed by atoms with Crippen LogP contribution in [0.15, 0.2) is 0 Å². The van der Waals surface area contributed by atoms with Crippen LogP contribution in [0.5, 0.6) is 0 Å². The predicted octanol–water partition coefficient (Wildman–Crippen LogP) is 4.77. The van der Waals surface area contributed by atoms with Gasteiger partial charge in [0.05, 0.1) is 0 Å². The van der Waals surface area contributed by atoms with Crippen LogP contribution in [0.25, 0.3) is 0 Å². The van der Waals surface area contributed by atoms with Crippen molar-refractivity contribution in [1.29, 1.82) is 0 Å². The van der Waals surface area contributed by atoms with E-state index in [0.29, 0.717) is 12.8 Å². The predicted molar refractivity (Wildman–Crippen MR) is 77.9 cm³/mol. The second-order valence-corrected chi connectivity index (χ2v) is 5.17. The summed E-state index contributed by atoms with van der Waals surface area (Å²) in [5.74, 6) is -0.704. The molecule has 0 atom stereocenters. The Labute approximate surface area is 139 Å². The van der Waals surface area contributed by atoms with Crippen LogP contribution in [0, 0.1) is 0 Å². The van der Waals surface area contributed by atoms with Gasteiger partial charge in [-0.05, 0) is 12.8 Å². The third-order valence-corrected chi connectivity index (χ3v) is 3.20. The molecule has 0 aliphatic heterocycles. The molecule has 20 heavy (non-hydrogen) atoms. The van der Waals surface area contributed by atoms with Gasteiger partial charge in [0, 0.05) is 35.2 Å². The summed E-state index contributed by atoms with van der Waals surface area (Å²) < 4.78 is 4.79. The van der Waals surface area contributed by atoms with Crippen LogP contribution in [0.2, 0.25) is 0 Å². The van der Waals surface area contributed by atoms with E-state index >= 15 is 0 Å². The van der Waals surface area contributed by atoms with Crippen LogP contribution < -0.4 is 0 Å². The maximum absolute atomic E-state index is 11.4. The van der Waals surface area contributed by atoms with E-state index in [9.17, 15) is 9.59 Å². The summed E-state index contributed by atoms with van der Waals surface area (Å²) in [7, 11) is 0. The first-order chi connectivity index (χ1) is 9.20. The van der Waals surface area contributed by atoms with Gasteiger partial charge in [-0.1, -0.05) is 65.2 Å². The molecule has 0 amide bonds. The number of ether oxygens (including phenoxy) is 1. The van der Waals surface area contributed by atoms with Crippen LogP contribution >= 0.6 is 0 Å². The summed E-state index contributed by atoms with van der Waals surface area (Å²) in [6, 6.07) is 0. The Hall–Kier alpha value is -0.120. The molecule has 0 aromatic carbocycles. The molecule has 0 rings (SSSR count). The standard InChI is InChI=1S/C16H30O3.Nb/c1-3-5-7-9-11-13-15(17)19-16(18)14-12-10-8-6-4-2;/h3-14H2,1-2H3;. The van der Waals surface area contributed by atoms with Crippen LogP contribution in [0.4, 0.5) is 0 Å². The zero-order chi connectivity index (χ0) is 14.3. The summed E-state index contributed by atoms with van der Waals surface area (Å²) in [5, 5.41) is 0. The van der Waals surface area contributed by atoms with Crippen molar-refractivity contribution in [3.8, 4) is 0 Å². The van der Waals surface area contributed by atoms with E-state index in [1.54, 1.807) is 0 Å². The largest absolute Gasteiger partial charge is 0.393 e. The number of unbranched alkanes of at least 4 members (excludes halogenated alkanes) is 8. The van der Waals surface area contributed by atoms with E-state index in [4.69, 9.17) is 4.74 Å². The molecule has 3 nitrogen and oxygen atoms in total. The third-order valence-electron chi connectivity index (χ3n) is 3.20. The topological polar surface area (TPSA) is 43.4 Å². The normalized spacial score (nSPS) is 9.90. The minimum absolute atomic E-state index is 0. The molecule has 0 unspecified atom stereocenters. The smallest absolute Gasteiger partial charge is 0.313 e. The Morgan fingerprint density at radius 3 is 1.35 bits per heavy atom. The Morgan fingerprint density at radius 2 is 1.00 bits per heavy atom. The fourth-order valence-electron chi connectivity index (χ4n) is 1.97. The Balaban J connectivity index is 0. The molecule has 1 radical (unpaired) electrons. The number of hydrogen-bond donors (Lipinski definition) is 0. The van der Waals surface area contributed by atoms with Gasteiger partial charge in [0.2, 0.25) is 0 Å². The molecular formula is C16H30NbO3. The number of esters is 2. The summed E-state index contributed by atoms with van der Waals surface area (Å²) >= 11 is 0. The van der Waals surface area contributed by atoms with Crippen molar-refractivity contribution in [1.82, 2.24) is 0 Å². The van der Waals surface area contributed by atoms with E-state index in [1.807, 2.05) is 0 Å². The second-order valence-electron chi connectivity index (χ2n) is 5.17. The van der Waals surface area contributed by atoms with Crippen molar-refractivity contribution in [3.05, 3.63) is 0 Å². The Kier molecular flexibility index (Phi) is 18.8. The molecule has 0 saturated heterocycles. The minimum Gasteiger partial charge on any atom is -0.393 e. The maximum Gasteiger partial charge on any atom is 0.313 e. The van der Waals surface area contributed by atoms with Crippen LogP contribution in [-0.2, 0) is 36.7 Å². The molecule has 0 aliphatic rings. The molecule has 0 aromatic rings. The molecule has 4 heteroatoms. The first-order valence-electron chi connectivity index (χ1n) is 7.94. The van der Waals surface area contributed by atoms with Crippen molar-refractivity contribution in [3.63, 3.8) is 0 Å². The molecular weight excluding hydrogens is 333 g/mol. The van der Waals surface area contributed by atoms with Crippen molar-refractivity contribution in [2.24, 2.45) is 0 Å². The molecule has 0 N–H and O–H groups in total. The monoisotopic (exact) mass is 363 g/mol. The molecule has 0 heterocycles. The van der Waals surface area contributed by atoms with Gasteiger partial charge in [-0.2, -0.15) is 0 Å². The molecule has 0 saturated carbocycles. The fourth-order valence-corrected chi connectivity index (χ4v) is 1.97. The van der Waals surface area contributed by atoms with E-state index < -0.39 is 0 Å². The molecule has 0 aliphatic carbocycles. The quantitative estimate of drug-likeness (QED) is 0.217. The molecule has 0 aromatic heterocycles. The van der Waals surface area contributed by atoms with Crippen molar-refractivity contribution in [2.75, 3.05) is 0 Å². The van der Waals surface area contributed by atoms with Gasteiger partial charge < -0.3 is 4.74 Å². The van der Waals surface area contributed by atoms with Crippen LogP contribution in [0.3, 0.4) is 0 Å². The summed E-state index contributed by atoms with van der Waals surface area (Å²) in [6.07, 6.45) is 11.7. The van der Waals surface area contributed by atoms with Gasteiger partial charge in [0.1, 0.15) is 0 Å². The molecule has 0 spiro atoms. The first-order valence-corrected chi connectivity index (χ1v) is 7.94. The maximum atomic E-state index is 11.4. The molecule has 0 bridgehead atoms. The van der Waals surface area contributed by atoms with Gasteiger partial charge in [0.15, 0.2) is 0 Å². The van der Waals surface area contributed by atoms with Crippen molar-refractivity contribution >= 4 is 11.9 Å². The summed E-state index contributed by atoms with van der Waals surface area (Å²) in [5.41, 5.74) is 0. The van der Waals surface area contributed by atoms with Crippen LogP contribution in [-0.4, -0.2) is 11.9 Å². The average Bonchev–Trinajstić information content (AvgIpc) is 2.38. The zero-order valence-corrected chi connectivity index (χ0v) is 15.4. The average molecular weight is 363 g/mol. The Bertz CT molecular complexity index is 218. The summed E-state index contributed by atoms with van der Waals surface area (Å²) in [6.45, 7) is 4.32. The van der Waals surface area contributed by atoms with Crippen molar-refractivity contribution < 1.29 is 36.7 Å². The number of carbonyl (C=O) groups is 2. The molecule has 0 fully saturated rings. The zero-order valence-electron chi connectivity index (χ0n) is 13.2.